The van der Waals surface area contributed by atoms with E-state index in [-0.39, 0.29) is 0 Å². The molecule has 0 radical (unpaired) electrons. The molecule has 2 aromatic rings. The predicted octanol–water partition coefficient (Wildman–Crippen LogP) is 2.39. The van der Waals surface area contributed by atoms with Crippen molar-refractivity contribution in [3.05, 3.63) is 36.1 Å². The Kier molecular flexibility index (Phi) is 2.59. The zero-order valence-electron chi connectivity index (χ0n) is 9.98. The maximum atomic E-state index is 11.0. The van der Waals surface area contributed by atoms with Crippen LogP contribution in [0.4, 0.5) is 0 Å². The molecule has 2 N–H and O–H groups in total. The van der Waals surface area contributed by atoms with Crippen LogP contribution in [0.2, 0.25) is 0 Å². The summed E-state index contributed by atoms with van der Waals surface area (Å²) in [6.07, 6.45) is 3.29. The summed E-state index contributed by atoms with van der Waals surface area (Å²) in [5, 5.41) is 13.4. The van der Waals surface area contributed by atoms with Crippen LogP contribution in [0.5, 0.6) is 0 Å². The molecule has 1 heterocycles. The molecule has 1 aromatic heterocycles. The number of carboxylic acid groups (broad SMARTS) is 1. The van der Waals surface area contributed by atoms with Crippen LogP contribution in [0.25, 0.3) is 11.0 Å². The van der Waals surface area contributed by atoms with E-state index in [0.29, 0.717) is 13.1 Å². The molecule has 1 aromatic carbocycles. The molecule has 0 amide bonds. The van der Waals surface area contributed by atoms with Crippen molar-refractivity contribution in [2.75, 3.05) is 6.54 Å². The number of furan rings is 1. The van der Waals surface area contributed by atoms with Gasteiger partial charge in [0.25, 0.3) is 0 Å². The second-order valence-corrected chi connectivity index (χ2v) is 4.95. The van der Waals surface area contributed by atoms with Gasteiger partial charge in [0.1, 0.15) is 5.58 Å². The van der Waals surface area contributed by atoms with Gasteiger partial charge in [-0.15, -0.1) is 0 Å². The van der Waals surface area contributed by atoms with Gasteiger partial charge in [-0.05, 0) is 18.9 Å². The number of fused-ring (bicyclic) bond motifs is 1. The number of aliphatic carboxylic acids is 1. The van der Waals surface area contributed by atoms with Crippen molar-refractivity contribution in [2.24, 2.45) is 5.41 Å². The minimum absolute atomic E-state index is 0.514. The molecule has 3 rings (SSSR count). The third-order valence-corrected chi connectivity index (χ3v) is 3.65. The average Bonchev–Trinajstić information content (AvgIpc) is 3.06. The SMILES string of the molecule is O=C(O)C1(CNCc2coc3ccccc23)CC1. The van der Waals surface area contributed by atoms with Crippen LogP contribution in [0.1, 0.15) is 18.4 Å². The van der Waals surface area contributed by atoms with Crippen LogP contribution in [0.3, 0.4) is 0 Å². The molecular formula is C14H15NO3. The normalized spacial score (nSPS) is 16.9. The lowest BCUT2D eigenvalue weighted by atomic mass is 10.1. The molecule has 0 atom stereocenters. The first kappa shape index (κ1) is 11.3. The van der Waals surface area contributed by atoms with E-state index in [1.165, 1.54) is 0 Å². The second-order valence-electron chi connectivity index (χ2n) is 4.95. The Hall–Kier alpha value is -1.81. The predicted molar refractivity (Wildman–Crippen MR) is 67.2 cm³/mol. The van der Waals surface area contributed by atoms with Crippen LogP contribution in [-0.4, -0.2) is 17.6 Å². The lowest BCUT2D eigenvalue weighted by Crippen LogP contribution is -2.29. The van der Waals surface area contributed by atoms with Gasteiger partial charge in [-0.1, -0.05) is 18.2 Å². The molecule has 1 fully saturated rings. The summed E-state index contributed by atoms with van der Waals surface area (Å²) in [4.78, 5) is 11.0. The number of carboxylic acids is 1. The summed E-state index contributed by atoms with van der Waals surface area (Å²) in [5.74, 6) is -0.688. The first-order valence-corrected chi connectivity index (χ1v) is 6.10. The third-order valence-electron chi connectivity index (χ3n) is 3.65. The van der Waals surface area contributed by atoms with Crippen molar-refractivity contribution in [1.82, 2.24) is 5.32 Å². The molecular weight excluding hydrogens is 230 g/mol. The Labute approximate surface area is 105 Å². The molecule has 1 aliphatic rings. The highest BCUT2D eigenvalue weighted by atomic mass is 16.4. The molecule has 4 nitrogen and oxygen atoms in total. The Morgan fingerprint density at radius 1 is 1.39 bits per heavy atom. The van der Waals surface area contributed by atoms with Crippen molar-refractivity contribution in [2.45, 2.75) is 19.4 Å². The second kappa shape index (κ2) is 4.14. The summed E-state index contributed by atoms with van der Waals surface area (Å²) in [7, 11) is 0. The number of benzene rings is 1. The molecule has 0 bridgehead atoms. The lowest BCUT2D eigenvalue weighted by molar-refractivity contribution is -0.143. The number of carbonyl (C=O) groups is 1. The fourth-order valence-electron chi connectivity index (χ4n) is 2.22. The quantitative estimate of drug-likeness (QED) is 0.849. The number of rotatable bonds is 5. The molecule has 4 heteroatoms. The van der Waals surface area contributed by atoms with E-state index in [2.05, 4.69) is 5.32 Å². The van der Waals surface area contributed by atoms with Gasteiger partial charge < -0.3 is 14.8 Å². The zero-order valence-corrected chi connectivity index (χ0v) is 9.98. The number of hydrogen-bond acceptors (Lipinski definition) is 3. The minimum Gasteiger partial charge on any atom is -0.481 e. The average molecular weight is 245 g/mol. The maximum absolute atomic E-state index is 11.0. The third kappa shape index (κ3) is 1.88. The van der Waals surface area contributed by atoms with Gasteiger partial charge in [-0.2, -0.15) is 0 Å². The topological polar surface area (TPSA) is 62.5 Å². The molecule has 94 valence electrons. The van der Waals surface area contributed by atoms with Crippen LogP contribution < -0.4 is 5.32 Å². The zero-order chi connectivity index (χ0) is 12.6. The van der Waals surface area contributed by atoms with Gasteiger partial charge in [0, 0.05) is 24.0 Å². The molecule has 18 heavy (non-hydrogen) atoms. The largest absolute Gasteiger partial charge is 0.481 e. The van der Waals surface area contributed by atoms with E-state index in [1.807, 2.05) is 24.3 Å². The van der Waals surface area contributed by atoms with Gasteiger partial charge in [-0.3, -0.25) is 4.79 Å². The maximum Gasteiger partial charge on any atom is 0.310 e. The van der Waals surface area contributed by atoms with Gasteiger partial charge in [-0.25, -0.2) is 0 Å². The Morgan fingerprint density at radius 3 is 2.89 bits per heavy atom. The van der Waals surface area contributed by atoms with E-state index >= 15 is 0 Å². The summed E-state index contributed by atoms with van der Waals surface area (Å²) >= 11 is 0. The van der Waals surface area contributed by atoms with Gasteiger partial charge in [0.05, 0.1) is 11.7 Å². The highest BCUT2D eigenvalue weighted by Crippen LogP contribution is 2.45. The number of hydrogen-bond donors (Lipinski definition) is 2. The molecule has 0 unspecified atom stereocenters. The first-order valence-electron chi connectivity index (χ1n) is 6.10. The van der Waals surface area contributed by atoms with Crippen LogP contribution >= 0.6 is 0 Å². The first-order chi connectivity index (χ1) is 8.71. The lowest BCUT2D eigenvalue weighted by Gasteiger charge is -2.10. The summed E-state index contributed by atoms with van der Waals surface area (Å²) in [5.41, 5.74) is 1.43. The van der Waals surface area contributed by atoms with Crippen molar-refractivity contribution in [3.63, 3.8) is 0 Å². The van der Waals surface area contributed by atoms with E-state index in [4.69, 9.17) is 9.52 Å². The van der Waals surface area contributed by atoms with Crippen molar-refractivity contribution < 1.29 is 14.3 Å². The smallest absolute Gasteiger partial charge is 0.310 e. The van der Waals surface area contributed by atoms with Crippen molar-refractivity contribution >= 4 is 16.9 Å². The van der Waals surface area contributed by atoms with Crippen LogP contribution in [0, 0.1) is 5.41 Å². The Morgan fingerprint density at radius 2 is 2.17 bits per heavy atom. The molecule has 0 aliphatic heterocycles. The van der Waals surface area contributed by atoms with Gasteiger partial charge >= 0.3 is 5.97 Å². The highest BCUT2D eigenvalue weighted by Gasteiger charge is 2.49. The molecule has 0 saturated heterocycles. The van der Waals surface area contributed by atoms with E-state index in [9.17, 15) is 4.79 Å². The number of nitrogens with one attached hydrogen (secondary N) is 1. The standard InChI is InChI=1S/C14H15NO3/c16-13(17)14(5-6-14)9-15-7-10-8-18-12-4-2-1-3-11(10)12/h1-4,8,15H,5-7,9H2,(H,16,17). The van der Waals surface area contributed by atoms with Gasteiger partial charge in [0.15, 0.2) is 0 Å². The fraction of sp³-hybridized carbons (Fsp3) is 0.357. The summed E-state index contributed by atoms with van der Waals surface area (Å²) in [6, 6.07) is 7.85. The Bertz CT molecular complexity index is 583. The van der Waals surface area contributed by atoms with Crippen molar-refractivity contribution in [1.29, 1.82) is 0 Å². The monoisotopic (exact) mass is 245 g/mol. The minimum atomic E-state index is -0.688. The Balaban J connectivity index is 1.65. The highest BCUT2D eigenvalue weighted by molar-refractivity contribution is 5.81. The van der Waals surface area contributed by atoms with Crippen LogP contribution in [-0.2, 0) is 11.3 Å². The van der Waals surface area contributed by atoms with E-state index in [0.717, 1.165) is 29.4 Å². The molecule has 1 aliphatic carbocycles. The van der Waals surface area contributed by atoms with Crippen LogP contribution in [0.15, 0.2) is 34.9 Å². The summed E-state index contributed by atoms with van der Waals surface area (Å²) < 4.78 is 5.44. The molecule has 0 spiro atoms. The van der Waals surface area contributed by atoms with Crippen molar-refractivity contribution in [3.8, 4) is 0 Å². The van der Waals surface area contributed by atoms with E-state index < -0.39 is 11.4 Å². The van der Waals surface area contributed by atoms with Gasteiger partial charge in [0.2, 0.25) is 0 Å². The molecule has 1 saturated carbocycles. The number of para-hydroxylation sites is 1. The summed E-state index contributed by atoms with van der Waals surface area (Å²) in [6.45, 7) is 1.17. The van der Waals surface area contributed by atoms with E-state index in [1.54, 1.807) is 6.26 Å². The fourth-order valence-corrected chi connectivity index (χ4v) is 2.22.